The average Bonchev–Trinajstić information content (AvgIpc) is 2.87. The molecule has 1 atom stereocenters. The summed E-state index contributed by atoms with van der Waals surface area (Å²) in [6.07, 6.45) is 5.69. The van der Waals surface area contributed by atoms with E-state index in [1.165, 1.54) is 0 Å². The van der Waals surface area contributed by atoms with Gasteiger partial charge in [-0.25, -0.2) is 0 Å². The highest BCUT2D eigenvalue weighted by molar-refractivity contribution is 5.46. The Bertz CT molecular complexity index is 527. The molecule has 0 aromatic carbocycles. The van der Waals surface area contributed by atoms with Gasteiger partial charge in [0.05, 0.1) is 12.4 Å². The van der Waals surface area contributed by atoms with E-state index in [9.17, 15) is 0 Å². The zero-order valence-corrected chi connectivity index (χ0v) is 10.4. The summed E-state index contributed by atoms with van der Waals surface area (Å²) in [5.41, 5.74) is 6.64. The van der Waals surface area contributed by atoms with E-state index in [2.05, 4.69) is 32.3 Å². The van der Waals surface area contributed by atoms with Gasteiger partial charge in [-0.05, 0) is 36.1 Å². The summed E-state index contributed by atoms with van der Waals surface area (Å²) >= 11 is 0. The van der Waals surface area contributed by atoms with Gasteiger partial charge >= 0.3 is 0 Å². The molecule has 0 saturated carbocycles. The fourth-order valence-electron chi connectivity index (χ4n) is 2.53. The van der Waals surface area contributed by atoms with E-state index in [0.29, 0.717) is 11.6 Å². The van der Waals surface area contributed by atoms with Gasteiger partial charge in [0, 0.05) is 19.1 Å². The average molecular weight is 247 g/mol. The molecule has 1 aliphatic heterocycles. The normalized spacial score (nSPS) is 19.3. The lowest BCUT2D eigenvalue weighted by atomic mass is 9.91. The number of nitrogens with zero attached hydrogens (tertiary/aromatic N) is 6. The number of tetrazole rings is 1. The molecule has 1 saturated heterocycles. The molecule has 0 bridgehead atoms. The summed E-state index contributed by atoms with van der Waals surface area (Å²) in [5.74, 6) is 1.57. The first-order chi connectivity index (χ1) is 8.75. The number of nitrogens with two attached hydrogens (primary N) is 1. The standard InChI is InChI=1S/C11H17N7/c1-8(12)9-2-4-17(5-3-9)11-7-13-6-10-14-15-16-18(10)11/h6-9H,2-5,12H2,1H3. The molecule has 7 nitrogen and oxygen atoms in total. The van der Waals surface area contributed by atoms with E-state index in [-0.39, 0.29) is 6.04 Å². The lowest BCUT2D eigenvalue weighted by Crippen LogP contribution is -2.40. The van der Waals surface area contributed by atoms with Crippen molar-refractivity contribution >= 4 is 11.5 Å². The Morgan fingerprint density at radius 3 is 2.83 bits per heavy atom. The van der Waals surface area contributed by atoms with Crippen LogP contribution in [0.2, 0.25) is 0 Å². The summed E-state index contributed by atoms with van der Waals surface area (Å²) in [5, 5.41) is 11.6. The molecule has 0 radical (unpaired) electrons. The van der Waals surface area contributed by atoms with Crippen LogP contribution in [0.15, 0.2) is 12.4 Å². The third-order valence-corrected chi connectivity index (χ3v) is 3.70. The van der Waals surface area contributed by atoms with Crippen LogP contribution in [0.1, 0.15) is 19.8 Å². The van der Waals surface area contributed by atoms with Crippen LogP contribution < -0.4 is 10.6 Å². The van der Waals surface area contributed by atoms with Crippen LogP contribution >= 0.6 is 0 Å². The molecule has 18 heavy (non-hydrogen) atoms. The molecule has 96 valence electrons. The quantitative estimate of drug-likeness (QED) is 0.809. The largest absolute Gasteiger partial charge is 0.355 e. The second kappa shape index (κ2) is 4.49. The van der Waals surface area contributed by atoms with Crippen molar-refractivity contribution in [2.24, 2.45) is 11.7 Å². The molecular weight excluding hydrogens is 230 g/mol. The maximum atomic E-state index is 5.96. The van der Waals surface area contributed by atoms with Crippen molar-refractivity contribution in [2.75, 3.05) is 18.0 Å². The van der Waals surface area contributed by atoms with Gasteiger partial charge in [0.1, 0.15) is 0 Å². The highest BCUT2D eigenvalue weighted by atomic mass is 15.5. The van der Waals surface area contributed by atoms with Gasteiger partial charge in [0.15, 0.2) is 11.5 Å². The molecule has 0 amide bonds. The minimum absolute atomic E-state index is 0.272. The second-order valence-electron chi connectivity index (χ2n) is 4.90. The summed E-state index contributed by atoms with van der Waals surface area (Å²) in [4.78, 5) is 6.46. The molecular formula is C11H17N7. The highest BCUT2D eigenvalue weighted by Crippen LogP contribution is 2.23. The van der Waals surface area contributed by atoms with Crippen molar-refractivity contribution in [2.45, 2.75) is 25.8 Å². The van der Waals surface area contributed by atoms with Crippen molar-refractivity contribution in [1.82, 2.24) is 25.0 Å². The maximum Gasteiger partial charge on any atom is 0.199 e. The first kappa shape index (κ1) is 11.3. The topological polar surface area (TPSA) is 85.2 Å². The monoisotopic (exact) mass is 247 g/mol. The summed E-state index contributed by atoms with van der Waals surface area (Å²) in [6, 6.07) is 0.272. The molecule has 1 unspecified atom stereocenters. The molecule has 2 aromatic heterocycles. The van der Waals surface area contributed by atoms with Crippen molar-refractivity contribution < 1.29 is 0 Å². The number of anilines is 1. The Labute approximate surface area is 105 Å². The van der Waals surface area contributed by atoms with E-state index in [1.807, 2.05) is 6.20 Å². The number of aromatic nitrogens is 5. The number of piperidine rings is 1. The SMILES string of the molecule is CC(N)C1CCN(c2cncc3nnnn23)CC1. The third kappa shape index (κ3) is 1.90. The smallest absolute Gasteiger partial charge is 0.199 e. The predicted octanol–water partition coefficient (Wildman–Crippen LogP) is 0.0829. The first-order valence-electron chi connectivity index (χ1n) is 6.28. The van der Waals surface area contributed by atoms with Gasteiger partial charge in [-0.1, -0.05) is 0 Å². The van der Waals surface area contributed by atoms with Crippen LogP contribution in [-0.2, 0) is 0 Å². The molecule has 1 fully saturated rings. The number of fused-ring (bicyclic) bond motifs is 1. The zero-order chi connectivity index (χ0) is 12.5. The van der Waals surface area contributed by atoms with Crippen LogP contribution in [0.5, 0.6) is 0 Å². The van der Waals surface area contributed by atoms with E-state index in [1.54, 1.807) is 10.7 Å². The minimum Gasteiger partial charge on any atom is -0.355 e. The number of hydrogen-bond donors (Lipinski definition) is 1. The molecule has 2 N–H and O–H groups in total. The van der Waals surface area contributed by atoms with Gasteiger partial charge in [0.25, 0.3) is 0 Å². The van der Waals surface area contributed by atoms with Gasteiger partial charge in [-0.3, -0.25) is 4.98 Å². The molecule has 3 rings (SSSR count). The fraction of sp³-hybridized carbons (Fsp3) is 0.636. The highest BCUT2D eigenvalue weighted by Gasteiger charge is 2.23. The van der Waals surface area contributed by atoms with Crippen LogP contribution in [0, 0.1) is 5.92 Å². The van der Waals surface area contributed by atoms with E-state index in [4.69, 9.17) is 5.73 Å². The van der Waals surface area contributed by atoms with Gasteiger partial charge in [-0.2, -0.15) is 4.52 Å². The summed E-state index contributed by atoms with van der Waals surface area (Å²) in [7, 11) is 0. The third-order valence-electron chi connectivity index (χ3n) is 3.70. The Morgan fingerprint density at radius 2 is 2.11 bits per heavy atom. The first-order valence-corrected chi connectivity index (χ1v) is 6.28. The molecule has 0 spiro atoms. The Kier molecular flexibility index (Phi) is 2.83. The molecule has 1 aliphatic rings. The predicted molar refractivity (Wildman–Crippen MR) is 67.2 cm³/mol. The van der Waals surface area contributed by atoms with Crippen molar-refractivity contribution in [1.29, 1.82) is 0 Å². The minimum atomic E-state index is 0.272. The van der Waals surface area contributed by atoms with Crippen LogP contribution in [0.4, 0.5) is 5.82 Å². The summed E-state index contributed by atoms with van der Waals surface area (Å²) in [6.45, 7) is 4.05. The van der Waals surface area contributed by atoms with Crippen LogP contribution in [0.25, 0.3) is 5.65 Å². The van der Waals surface area contributed by atoms with Gasteiger partial charge in [-0.15, -0.1) is 5.10 Å². The van der Waals surface area contributed by atoms with E-state index >= 15 is 0 Å². The maximum absolute atomic E-state index is 5.96. The van der Waals surface area contributed by atoms with Crippen LogP contribution in [0.3, 0.4) is 0 Å². The molecule has 0 aliphatic carbocycles. The van der Waals surface area contributed by atoms with Crippen molar-refractivity contribution in [3.05, 3.63) is 12.4 Å². The molecule has 2 aromatic rings. The van der Waals surface area contributed by atoms with E-state index < -0.39 is 0 Å². The lowest BCUT2D eigenvalue weighted by molar-refractivity contribution is 0.352. The number of hydrogen-bond acceptors (Lipinski definition) is 6. The molecule has 3 heterocycles. The Balaban J connectivity index is 1.82. The second-order valence-corrected chi connectivity index (χ2v) is 4.90. The van der Waals surface area contributed by atoms with Crippen LogP contribution in [-0.4, -0.2) is 44.2 Å². The lowest BCUT2D eigenvalue weighted by Gasteiger charge is -2.34. The van der Waals surface area contributed by atoms with Gasteiger partial charge < -0.3 is 10.6 Å². The van der Waals surface area contributed by atoms with E-state index in [0.717, 1.165) is 31.7 Å². The van der Waals surface area contributed by atoms with Gasteiger partial charge in [0.2, 0.25) is 0 Å². The number of rotatable bonds is 2. The van der Waals surface area contributed by atoms with Crippen molar-refractivity contribution in [3.8, 4) is 0 Å². The summed E-state index contributed by atoms with van der Waals surface area (Å²) < 4.78 is 1.74. The Morgan fingerprint density at radius 1 is 1.33 bits per heavy atom. The van der Waals surface area contributed by atoms with Crippen molar-refractivity contribution in [3.63, 3.8) is 0 Å². The fourth-order valence-corrected chi connectivity index (χ4v) is 2.53. The Hall–Kier alpha value is -1.76. The zero-order valence-electron chi connectivity index (χ0n) is 10.4. The molecule has 7 heteroatoms.